The number of nitro benzene ring substituents is 1. The molecule has 0 aliphatic carbocycles. The number of anilines is 1. The van der Waals surface area contributed by atoms with E-state index in [0.717, 1.165) is 0 Å². The number of nitro groups is 1. The minimum absolute atomic E-state index is 0.0456. The van der Waals surface area contributed by atoms with Gasteiger partial charge in [0.15, 0.2) is 0 Å². The van der Waals surface area contributed by atoms with Gasteiger partial charge in [0.05, 0.1) is 17.1 Å². The van der Waals surface area contributed by atoms with E-state index in [1.54, 1.807) is 12.1 Å². The lowest BCUT2D eigenvalue weighted by Crippen LogP contribution is -2.13. The molecule has 0 radical (unpaired) electrons. The highest BCUT2D eigenvalue weighted by molar-refractivity contribution is 6.31. The molecule has 0 fully saturated rings. The van der Waals surface area contributed by atoms with Gasteiger partial charge >= 0.3 is 0 Å². The van der Waals surface area contributed by atoms with Gasteiger partial charge in [-0.15, -0.1) is 0 Å². The van der Waals surface area contributed by atoms with Crippen LogP contribution in [0.15, 0.2) is 42.5 Å². The Morgan fingerprint density at radius 2 is 1.95 bits per heavy atom. The third-order valence-electron chi connectivity index (χ3n) is 2.82. The quantitative estimate of drug-likeness (QED) is 0.669. The Balaban J connectivity index is 2.21. The van der Waals surface area contributed by atoms with Gasteiger partial charge in [-0.2, -0.15) is 0 Å². The van der Waals surface area contributed by atoms with Crippen molar-refractivity contribution in [2.24, 2.45) is 0 Å². The van der Waals surface area contributed by atoms with Crippen LogP contribution in [0.4, 0.5) is 11.4 Å². The maximum absolute atomic E-state index is 12.3. The van der Waals surface area contributed by atoms with E-state index < -0.39 is 10.8 Å². The Kier molecular flexibility index (Phi) is 4.95. The Bertz CT molecular complexity index is 701. The second kappa shape index (κ2) is 6.91. The SMILES string of the molecule is CCOc1ccc(Cl)cc1C(=O)Nc1ccc([N+](=O)[O-])cc1. The van der Waals surface area contributed by atoms with E-state index >= 15 is 0 Å². The number of carbonyl (C=O) groups is 1. The molecule has 2 aromatic carbocycles. The van der Waals surface area contributed by atoms with Crippen molar-refractivity contribution >= 4 is 28.9 Å². The Hall–Kier alpha value is -2.60. The smallest absolute Gasteiger partial charge is 0.269 e. The molecule has 2 aromatic rings. The zero-order valence-electron chi connectivity index (χ0n) is 11.7. The monoisotopic (exact) mass is 320 g/mol. The molecule has 114 valence electrons. The van der Waals surface area contributed by atoms with Gasteiger partial charge in [-0.25, -0.2) is 0 Å². The second-order valence-electron chi connectivity index (χ2n) is 4.33. The lowest BCUT2D eigenvalue weighted by molar-refractivity contribution is -0.384. The molecule has 7 heteroatoms. The van der Waals surface area contributed by atoms with E-state index in [1.165, 1.54) is 30.3 Å². The van der Waals surface area contributed by atoms with Gasteiger partial charge in [0.1, 0.15) is 5.75 Å². The average molecular weight is 321 g/mol. The molecule has 0 unspecified atom stereocenters. The van der Waals surface area contributed by atoms with Crippen LogP contribution < -0.4 is 10.1 Å². The number of benzene rings is 2. The minimum Gasteiger partial charge on any atom is -0.493 e. The van der Waals surface area contributed by atoms with Crippen molar-refractivity contribution in [2.75, 3.05) is 11.9 Å². The van der Waals surface area contributed by atoms with Crippen LogP contribution >= 0.6 is 11.6 Å². The van der Waals surface area contributed by atoms with Crippen molar-refractivity contribution in [1.82, 2.24) is 0 Å². The molecule has 1 N–H and O–H groups in total. The lowest BCUT2D eigenvalue weighted by atomic mass is 10.1. The van der Waals surface area contributed by atoms with Crippen molar-refractivity contribution < 1.29 is 14.5 Å². The van der Waals surface area contributed by atoms with Crippen LogP contribution in [-0.2, 0) is 0 Å². The number of rotatable bonds is 5. The highest BCUT2D eigenvalue weighted by Crippen LogP contribution is 2.24. The molecule has 0 bridgehead atoms. The molecular weight excluding hydrogens is 308 g/mol. The number of hydrogen-bond donors (Lipinski definition) is 1. The van der Waals surface area contributed by atoms with Gasteiger partial charge < -0.3 is 10.1 Å². The van der Waals surface area contributed by atoms with Gasteiger partial charge in [-0.05, 0) is 37.3 Å². The van der Waals surface area contributed by atoms with Crippen LogP contribution in [0.1, 0.15) is 17.3 Å². The summed E-state index contributed by atoms with van der Waals surface area (Å²) in [5, 5.41) is 13.7. The maximum Gasteiger partial charge on any atom is 0.269 e. The van der Waals surface area contributed by atoms with Crippen LogP contribution in [0.2, 0.25) is 5.02 Å². The zero-order chi connectivity index (χ0) is 16.1. The summed E-state index contributed by atoms with van der Waals surface area (Å²) in [6, 6.07) is 10.3. The van der Waals surface area contributed by atoms with Crippen LogP contribution in [0.5, 0.6) is 5.75 Å². The van der Waals surface area contributed by atoms with Crippen molar-refractivity contribution in [3.8, 4) is 5.75 Å². The van der Waals surface area contributed by atoms with E-state index in [-0.39, 0.29) is 5.69 Å². The topological polar surface area (TPSA) is 81.5 Å². The van der Waals surface area contributed by atoms with Crippen molar-refractivity contribution in [1.29, 1.82) is 0 Å². The summed E-state index contributed by atoms with van der Waals surface area (Å²) in [6.07, 6.45) is 0. The molecule has 0 aliphatic heterocycles. The highest BCUT2D eigenvalue weighted by Gasteiger charge is 2.14. The van der Waals surface area contributed by atoms with Crippen molar-refractivity contribution in [2.45, 2.75) is 6.92 Å². The molecule has 1 amide bonds. The lowest BCUT2D eigenvalue weighted by Gasteiger charge is -2.11. The fraction of sp³-hybridized carbons (Fsp3) is 0.133. The van der Waals surface area contributed by atoms with E-state index in [0.29, 0.717) is 28.6 Å². The van der Waals surface area contributed by atoms with Gasteiger partial charge in [-0.3, -0.25) is 14.9 Å². The van der Waals surface area contributed by atoms with Gasteiger partial charge in [0.25, 0.3) is 11.6 Å². The van der Waals surface area contributed by atoms with Gasteiger partial charge in [0, 0.05) is 22.8 Å². The summed E-state index contributed by atoms with van der Waals surface area (Å²) < 4.78 is 5.39. The largest absolute Gasteiger partial charge is 0.493 e. The number of ether oxygens (including phenoxy) is 1. The van der Waals surface area contributed by atoms with E-state index in [2.05, 4.69) is 5.32 Å². The third kappa shape index (κ3) is 3.73. The molecule has 0 spiro atoms. The fourth-order valence-corrected chi connectivity index (χ4v) is 2.00. The van der Waals surface area contributed by atoms with Crippen molar-refractivity contribution in [3.63, 3.8) is 0 Å². The molecule has 0 aliphatic rings. The highest BCUT2D eigenvalue weighted by atomic mass is 35.5. The molecule has 2 rings (SSSR count). The van der Waals surface area contributed by atoms with Crippen molar-refractivity contribution in [3.05, 3.63) is 63.2 Å². The number of halogens is 1. The molecule has 0 saturated heterocycles. The standard InChI is InChI=1S/C15H13ClN2O4/c1-2-22-14-8-3-10(16)9-13(14)15(19)17-11-4-6-12(7-5-11)18(20)21/h3-9H,2H2,1H3,(H,17,19). The zero-order valence-corrected chi connectivity index (χ0v) is 12.5. The number of nitrogens with one attached hydrogen (secondary N) is 1. The molecular formula is C15H13ClN2O4. The Morgan fingerprint density at radius 3 is 2.55 bits per heavy atom. The molecule has 0 heterocycles. The molecule has 0 saturated carbocycles. The number of non-ortho nitro benzene ring substituents is 1. The number of amides is 1. The van der Waals surface area contributed by atoms with Crippen LogP contribution in [0, 0.1) is 10.1 Å². The minimum atomic E-state index is -0.504. The first kappa shape index (κ1) is 15.8. The summed E-state index contributed by atoms with van der Waals surface area (Å²) in [5.41, 5.74) is 0.696. The fourth-order valence-electron chi connectivity index (χ4n) is 1.83. The van der Waals surface area contributed by atoms with Crippen LogP contribution in [0.25, 0.3) is 0 Å². The van der Waals surface area contributed by atoms with E-state index in [4.69, 9.17) is 16.3 Å². The summed E-state index contributed by atoms with van der Waals surface area (Å²) in [4.78, 5) is 22.4. The van der Waals surface area contributed by atoms with E-state index in [1.807, 2.05) is 6.92 Å². The van der Waals surface area contributed by atoms with Crippen LogP contribution in [-0.4, -0.2) is 17.4 Å². The third-order valence-corrected chi connectivity index (χ3v) is 3.06. The maximum atomic E-state index is 12.3. The first-order chi connectivity index (χ1) is 10.5. The Labute approximate surface area is 131 Å². The molecule has 0 aromatic heterocycles. The predicted octanol–water partition coefficient (Wildman–Crippen LogP) is 3.90. The van der Waals surface area contributed by atoms with Crippen LogP contribution in [0.3, 0.4) is 0 Å². The summed E-state index contributed by atoms with van der Waals surface area (Å²) >= 11 is 5.91. The Morgan fingerprint density at radius 1 is 1.27 bits per heavy atom. The number of carbonyl (C=O) groups excluding carboxylic acids is 1. The number of nitrogens with zero attached hydrogens (tertiary/aromatic N) is 1. The van der Waals surface area contributed by atoms with E-state index in [9.17, 15) is 14.9 Å². The molecule has 0 atom stereocenters. The summed E-state index contributed by atoms with van der Waals surface area (Å²) in [6.45, 7) is 2.23. The first-order valence-electron chi connectivity index (χ1n) is 6.49. The average Bonchev–Trinajstić information content (AvgIpc) is 2.49. The number of hydrogen-bond acceptors (Lipinski definition) is 4. The normalized spacial score (nSPS) is 10.1. The second-order valence-corrected chi connectivity index (χ2v) is 4.77. The molecule has 6 nitrogen and oxygen atoms in total. The molecule has 22 heavy (non-hydrogen) atoms. The van der Waals surface area contributed by atoms with Gasteiger partial charge in [0.2, 0.25) is 0 Å². The summed E-state index contributed by atoms with van der Waals surface area (Å²) in [5.74, 6) is 0.0196. The predicted molar refractivity (Wildman–Crippen MR) is 83.7 cm³/mol. The van der Waals surface area contributed by atoms with Gasteiger partial charge in [-0.1, -0.05) is 11.6 Å². The first-order valence-corrected chi connectivity index (χ1v) is 6.87. The summed E-state index contributed by atoms with van der Waals surface area (Å²) in [7, 11) is 0.